The van der Waals surface area contributed by atoms with Crippen LogP contribution >= 0.6 is 11.6 Å². The molecule has 0 atom stereocenters. The Morgan fingerprint density at radius 2 is 2.06 bits per heavy atom. The van der Waals surface area contributed by atoms with Gasteiger partial charge in [-0.25, -0.2) is 4.79 Å². The standard InChI is InChI=1S/C9H7ClN4O2.C2H6/c1-5-2-6(10)3-7(9(15)16)8(5)14-4-11-12-13-14;1-2/h2-4H,1H3,(H,15,16);1-2H3. The molecule has 0 unspecified atom stereocenters. The highest BCUT2D eigenvalue weighted by Crippen LogP contribution is 2.23. The molecule has 0 spiro atoms. The van der Waals surface area contributed by atoms with Gasteiger partial charge in [-0.05, 0) is 35.0 Å². The third-order valence-electron chi connectivity index (χ3n) is 2.07. The smallest absolute Gasteiger partial charge is 0.337 e. The van der Waals surface area contributed by atoms with Gasteiger partial charge in [-0.15, -0.1) is 5.10 Å². The molecule has 18 heavy (non-hydrogen) atoms. The summed E-state index contributed by atoms with van der Waals surface area (Å²) in [5, 5.41) is 20.0. The molecule has 0 aliphatic rings. The summed E-state index contributed by atoms with van der Waals surface area (Å²) in [6.07, 6.45) is 1.34. The van der Waals surface area contributed by atoms with Crippen LogP contribution in [0.1, 0.15) is 29.8 Å². The fourth-order valence-corrected chi connectivity index (χ4v) is 1.74. The van der Waals surface area contributed by atoms with E-state index in [-0.39, 0.29) is 5.56 Å². The summed E-state index contributed by atoms with van der Waals surface area (Å²) >= 11 is 5.80. The predicted octanol–water partition coefficient (Wildman–Crippen LogP) is 2.35. The lowest BCUT2D eigenvalue weighted by Gasteiger charge is -2.08. The zero-order valence-corrected chi connectivity index (χ0v) is 11.0. The van der Waals surface area contributed by atoms with Crippen molar-refractivity contribution in [3.63, 3.8) is 0 Å². The molecule has 0 aliphatic heterocycles. The van der Waals surface area contributed by atoms with Gasteiger partial charge >= 0.3 is 5.97 Å². The number of carboxylic acids is 1. The lowest BCUT2D eigenvalue weighted by atomic mass is 10.1. The normalized spacial score (nSPS) is 9.56. The van der Waals surface area contributed by atoms with Gasteiger partial charge in [-0.2, -0.15) is 4.68 Å². The van der Waals surface area contributed by atoms with Gasteiger partial charge in [-0.3, -0.25) is 0 Å². The number of halogens is 1. The Balaban J connectivity index is 0.000000771. The van der Waals surface area contributed by atoms with Gasteiger partial charge in [0, 0.05) is 5.02 Å². The first-order chi connectivity index (χ1) is 8.59. The van der Waals surface area contributed by atoms with Crippen LogP contribution in [-0.4, -0.2) is 31.3 Å². The van der Waals surface area contributed by atoms with Crippen molar-refractivity contribution in [3.8, 4) is 5.69 Å². The second kappa shape index (κ2) is 6.11. The molecular weight excluding hydrogens is 256 g/mol. The number of carboxylic acid groups (broad SMARTS) is 1. The molecule has 0 saturated carbocycles. The highest BCUT2D eigenvalue weighted by molar-refractivity contribution is 6.31. The number of hydrogen-bond donors (Lipinski definition) is 1. The lowest BCUT2D eigenvalue weighted by Crippen LogP contribution is -2.08. The maximum Gasteiger partial charge on any atom is 0.337 e. The Morgan fingerprint density at radius 3 is 2.56 bits per heavy atom. The van der Waals surface area contributed by atoms with Crippen LogP contribution in [-0.2, 0) is 0 Å². The van der Waals surface area contributed by atoms with Crippen molar-refractivity contribution in [3.05, 3.63) is 34.6 Å². The van der Waals surface area contributed by atoms with Crippen molar-refractivity contribution >= 4 is 17.6 Å². The van der Waals surface area contributed by atoms with Crippen LogP contribution in [0.15, 0.2) is 18.5 Å². The first-order valence-corrected chi connectivity index (χ1v) is 5.74. The molecule has 0 bridgehead atoms. The van der Waals surface area contributed by atoms with Gasteiger partial charge in [0.2, 0.25) is 0 Å². The van der Waals surface area contributed by atoms with Gasteiger partial charge < -0.3 is 5.11 Å². The topological polar surface area (TPSA) is 80.9 Å². The van der Waals surface area contributed by atoms with Crippen LogP contribution < -0.4 is 0 Å². The van der Waals surface area contributed by atoms with Crippen LogP contribution in [0, 0.1) is 6.92 Å². The van der Waals surface area contributed by atoms with Crippen molar-refractivity contribution in [1.82, 2.24) is 20.2 Å². The largest absolute Gasteiger partial charge is 0.478 e. The molecule has 0 aliphatic carbocycles. The maximum absolute atomic E-state index is 11.1. The van der Waals surface area contributed by atoms with Crippen molar-refractivity contribution < 1.29 is 9.90 Å². The Morgan fingerprint density at radius 1 is 1.39 bits per heavy atom. The molecule has 7 heteroatoms. The van der Waals surface area contributed by atoms with Gasteiger partial charge in [-0.1, -0.05) is 25.4 Å². The molecule has 2 rings (SSSR count). The summed E-state index contributed by atoms with van der Waals surface area (Å²) in [6.45, 7) is 5.75. The molecule has 0 saturated heterocycles. The third-order valence-corrected chi connectivity index (χ3v) is 2.29. The van der Waals surface area contributed by atoms with E-state index in [2.05, 4.69) is 15.5 Å². The van der Waals surface area contributed by atoms with Crippen LogP contribution in [0.3, 0.4) is 0 Å². The Hall–Kier alpha value is -1.95. The van der Waals surface area contributed by atoms with Crippen LogP contribution in [0.4, 0.5) is 0 Å². The van der Waals surface area contributed by atoms with E-state index in [9.17, 15) is 4.79 Å². The molecule has 0 fully saturated rings. The number of aromatic nitrogens is 4. The van der Waals surface area contributed by atoms with Gasteiger partial charge in [0.25, 0.3) is 0 Å². The Bertz CT molecular complexity index is 540. The molecule has 0 amide bonds. The second-order valence-electron chi connectivity index (χ2n) is 3.18. The third kappa shape index (κ3) is 2.84. The van der Waals surface area contributed by atoms with E-state index in [0.29, 0.717) is 16.3 Å². The fourth-order valence-electron chi connectivity index (χ4n) is 1.47. The minimum atomic E-state index is -1.07. The number of aryl methyl sites for hydroxylation is 1. The number of tetrazole rings is 1. The number of carbonyl (C=O) groups is 1. The number of nitrogens with zero attached hydrogens (tertiary/aromatic N) is 4. The molecule has 1 aromatic carbocycles. The van der Waals surface area contributed by atoms with E-state index in [1.807, 2.05) is 13.8 Å². The minimum absolute atomic E-state index is 0.0669. The van der Waals surface area contributed by atoms with Crippen LogP contribution in [0.2, 0.25) is 5.02 Å². The quantitative estimate of drug-likeness (QED) is 0.904. The zero-order valence-electron chi connectivity index (χ0n) is 10.3. The molecular formula is C11H13ClN4O2. The summed E-state index contributed by atoms with van der Waals surface area (Å²) in [4.78, 5) is 11.1. The van der Waals surface area contributed by atoms with Crippen molar-refractivity contribution in [2.45, 2.75) is 20.8 Å². The van der Waals surface area contributed by atoms with E-state index >= 15 is 0 Å². The molecule has 0 radical (unpaired) electrons. The fraction of sp³-hybridized carbons (Fsp3) is 0.273. The van der Waals surface area contributed by atoms with Crippen LogP contribution in [0.25, 0.3) is 5.69 Å². The van der Waals surface area contributed by atoms with E-state index in [4.69, 9.17) is 16.7 Å². The molecule has 1 aromatic heterocycles. The van der Waals surface area contributed by atoms with E-state index in [0.717, 1.165) is 0 Å². The Labute approximate surface area is 109 Å². The molecule has 6 nitrogen and oxygen atoms in total. The number of hydrogen-bond acceptors (Lipinski definition) is 4. The predicted molar refractivity (Wildman–Crippen MR) is 67.2 cm³/mol. The average Bonchev–Trinajstić information content (AvgIpc) is 2.84. The van der Waals surface area contributed by atoms with Crippen molar-refractivity contribution in [2.24, 2.45) is 0 Å². The van der Waals surface area contributed by atoms with Crippen LogP contribution in [0.5, 0.6) is 0 Å². The first-order valence-electron chi connectivity index (χ1n) is 5.36. The SMILES string of the molecule is CC.Cc1cc(Cl)cc(C(=O)O)c1-n1cnnn1. The van der Waals surface area contributed by atoms with Gasteiger partial charge in [0.1, 0.15) is 6.33 Å². The molecule has 2 aromatic rings. The van der Waals surface area contributed by atoms with E-state index in [1.54, 1.807) is 13.0 Å². The summed E-state index contributed by atoms with van der Waals surface area (Å²) < 4.78 is 1.30. The summed E-state index contributed by atoms with van der Waals surface area (Å²) in [7, 11) is 0. The minimum Gasteiger partial charge on any atom is -0.478 e. The maximum atomic E-state index is 11.1. The summed E-state index contributed by atoms with van der Waals surface area (Å²) in [5.74, 6) is -1.07. The summed E-state index contributed by atoms with van der Waals surface area (Å²) in [5.41, 5.74) is 1.18. The second-order valence-corrected chi connectivity index (χ2v) is 3.61. The van der Waals surface area contributed by atoms with Gasteiger partial charge in [0.15, 0.2) is 0 Å². The number of aromatic carboxylic acids is 1. The average molecular weight is 269 g/mol. The molecule has 96 valence electrons. The highest BCUT2D eigenvalue weighted by Gasteiger charge is 2.16. The summed E-state index contributed by atoms with van der Waals surface area (Å²) in [6, 6.07) is 3.03. The van der Waals surface area contributed by atoms with Crippen molar-refractivity contribution in [1.29, 1.82) is 0 Å². The zero-order chi connectivity index (χ0) is 13.7. The molecule has 1 heterocycles. The Kier molecular flexibility index (Phi) is 4.79. The monoisotopic (exact) mass is 268 g/mol. The van der Waals surface area contributed by atoms with E-state index < -0.39 is 5.97 Å². The lowest BCUT2D eigenvalue weighted by molar-refractivity contribution is 0.0696. The van der Waals surface area contributed by atoms with Gasteiger partial charge in [0.05, 0.1) is 11.3 Å². The van der Waals surface area contributed by atoms with Crippen molar-refractivity contribution in [2.75, 3.05) is 0 Å². The molecule has 1 N–H and O–H groups in total. The first kappa shape index (κ1) is 14.1. The van der Waals surface area contributed by atoms with E-state index in [1.165, 1.54) is 17.1 Å². The number of rotatable bonds is 2. The number of benzene rings is 1. The highest BCUT2D eigenvalue weighted by atomic mass is 35.5.